The van der Waals surface area contributed by atoms with Crippen molar-refractivity contribution in [2.24, 2.45) is 0 Å². The van der Waals surface area contributed by atoms with Crippen molar-refractivity contribution in [3.8, 4) is 0 Å². The fourth-order valence-corrected chi connectivity index (χ4v) is 2.42. The number of aromatic nitrogens is 2. The number of carbonyl (C=O) groups excluding carboxylic acids is 1. The van der Waals surface area contributed by atoms with Gasteiger partial charge in [-0.1, -0.05) is 6.92 Å². The van der Waals surface area contributed by atoms with Crippen LogP contribution < -0.4 is 11.1 Å². The maximum absolute atomic E-state index is 11.9. The molecule has 5 nitrogen and oxygen atoms in total. The van der Waals surface area contributed by atoms with E-state index >= 15 is 0 Å². The van der Waals surface area contributed by atoms with E-state index in [9.17, 15) is 4.79 Å². The Morgan fingerprint density at radius 3 is 2.83 bits per heavy atom. The van der Waals surface area contributed by atoms with E-state index < -0.39 is 0 Å². The number of anilines is 2. The van der Waals surface area contributed by atoms with Crippen LogP contribution >= 0.6 is 11.3 Å². The zero-order valence-electron chi connectivity index (χ0n) is 10.2. The van der Waals surface area contributed by atoms with Gasteiger partial charge in [0, 0.05) is 11.1 Å². The molecule has 0 atom stereocenters. The van der Waals surface area contributed by atoms with Gasteiger partial charge >= 0.3 is 0 Å². The molecule has 1 amide bonds. The van der Waals surface area contributed by atoms with Crippen LogP contribution in [0, 0.1) is 6.92 Å². The number of carbonyl (C=O) groups is 1. The lowest BCUT2D eigenvalue weighted by molar-refractivity contribution is 0.102. The highest BCUT2D eigenvalue weighted by Crippen LogP contribution is 2.22. The van der Waals surface area contributed by atoms with Crippen molar-refractivity contribution in [3.63, 3.8) is 0 Å². The fourth-order valence-electron chi connectivity index (χ4n) is 1.52. The summed E-state index contributed by atoms with van der Waals surface area (Å²) in [6, 6.07) is 3.23. The van der Waals surface area contributed by atoms with E-state index in [1.807, 2.05) is 13.8 Å². The number of nitrogens with two attached hydrogens (primary N) is 1. The minimum Gasteiger partial charge on any atom is -0.384 e. The summed E-state index contributed by atoms with van der Waals surface area (Å²) in [4.78, 5) is 21.3. The molecule has 0 fully saturated rings. The number of pyridine rings is 1. The minimum absolute atomic E-state index is 0.223. The summed E-state index contributed by atoms with van der Waals surface area (Å²) in [5.41, 5.74) is 6.95. The summed E-state index contributed by atoms with van der Waals surface area (Å²) in [5.74, 6) is 0.170. The third-order valence-electron chi connectivity index (χ3n) is 2.50. The van der Waals surface area contributed by atoms with Crippen LogP contribution in [0.2, 0.25) is 0 Å². The average Bonchev–Trinajstić information content (AvgIpc) is 2.70. The quantitative estimate of drug-likeness (QED) is 0.889. The average molecular weight is 262 g/mol. The second kappa shape index (κ2) is 5.14. The number of hydrogen-bond acceptors (Lipinski definition) is 5. The fraction of sp³-hybridized carbons (Fsp3) is 0.250. The Morgan fingerprint density at radius 2 is 2.28 bits per heavy atom. The second-order valence-electron chi connectivity index (χ2n) is 3.80. The van der Waals surface area contributed by atoms with Gasteiger partial charge in [0.2, 0.25) is 0 Å². The van der Waals surface area contributed by atoms with Crippen LogP contribution in [0.1, 0.15) is 27.9 Å². The molecule has 94 valence electrons. The normalized spacial score (nSPS) is 10.3. The van der Waals surface area contributed by atoms with Crippen LogP contribution in [-0.4, -0.2) is 15.9 Å². The van der Waals surface area contributed by atoms with Crippen LogP contribution in [0.25, 0.3) is 0 Å². The van der Waals surface area contributed by atoms with Gasteiger partial charge in [0.05, 0.1) is 11.3 Å². The van der Waals surface area contributed by atoms with Crippen molar-refractivity contribution >= 4 is 28.2 Å². The molecule has 2 aromatic heterocycles. The molecule has 0 aliphatic rings. The van der Waals surface area contributed by atoms with Crippen molar-refractivity contribution in [1.82, 2.24) is 9.97 Å². The first kappa shape index (κ1) is 12.5. The number of hydrogen-bond donors (Lipinski definition) is 2. The van der Waals surface area contributed by atoms with E-state index in [4.69, 9.17) is 5.73 Å². The smallest absolute Gasteiger partial charge is 0.259 e. The lowest BCUT2D eigenvalue weighted by Gasteiger charge is -2.01. The Hall–Kier alpha value is -1.95. The number of rotatable bonds is 3. The van der Waals surface area contributed by atoms with Crippen molar-refractivity contribution in [2.45, 2.75) is 20.3 Å². The summed E-state index contributed by atoms with van der Waals surface area (Å²) in [5, 5.41) is 3.38. The molecule has 0 bridgehead atoms. The van der Waals surface area contributed by atoms with Crippen molar-refractivity contribution < 1.29 is 4.79 Å². The largest absolute Gasteiger partial charge is 0.384 e. The highest BCUT2D eigenvalue weighted by atomic mass is 32.1. The molecule has 6 heteroatoms. The van der Waals surface area contributed by atoms with Gasteiger partial charge in [-0.05, 0) is 25.5 Å². The maximum atomic E-state index is 11.9. The van der Waals surface area contributed by atoms with Gasteiger partial charge < -0.3 is 5.73 Å². The van der Waals surface area contributed by atoms with E-state index in [2.05, 4.69) is 15.3 Å². The molecular weight excluding hydrogens is 248 g/mol. The Kier molecular flexibility index (Phi) is 3.57. The lowest BCUT2D eigenvalue weighted by Crippen LogP contribution is -2.12. The number of nitrogens with zero attached hydrogens (tertiary/aromatic N) is 2. The second-order valence-corrected chi connectivity index (χ2v) is 5.00. The number of thiazole rings is 1. The maximum Gasteiger partial charge on any atom is 0.259 e. The molecule has 18 heavy (non-hydrogen) atoms. The van der Waals surface area contributed by atoms with Gasteiger partial charge in [0.1, 0.15) is 5.82 Å². The highest BCUT2D eigenvalue weighted by molar-refractivity contribution is 7.15. The summed E-state index contributed by atoms with van der Waals surface area (Å²) >= 11 is 1.48. The number of nitrogen functional groups attached to an aromatic ring is 1. The summed E-state index contributed by atoms with van der Waals surface area (Å²) in [7, 11) is 0. The molecule has 0 unspecified atom stereocenters. The summed E-state index contributed by atoms with van der Waals surface area (Å²) in [6.45, 7) is 4.04. The Morgan fingerprint density at radius 1 is 1.50 bits per heavy atom. The van der Waals surface area contributed by atoms with E-state index in [0.29, 0.717) is 16.5 Å². The first-order valence-corrected chi connectivity index (χ1v) is 6.41. The van der Waals surface area contributed by atoms with Gasteiger partial charge in [0.15, 0.2) is 5.13 Å². The lowest BCUT2D eigenvalue weighted by atomic mass is 10.2. The van der Waals surface area contributed by atoms with Crippen LogP contribution in [0.5, 0.6) is 0 Å². The predicted molar refractivity (Wildman–Crippen MR) is 72.8 cm³/mol. The molecule has 0 saturated carbocycles. The molecule has 0 aromatic carbocycles. The van der Waals surface area contributed by atoms with E-state index in [-0.39, 0.29) is 5.91 Å². The minimum atomic E-state index is -0.223. The van der Waals surface area contributed by atoms with Crippen LogP contribution in [0.15, 0.2) is 18.3 Å². The Balaban J connectivity index is 2.13. The van der Waals surface area contributed by atoms with Gasteiger partial charge in [-0.15, -0.1) is 11.3 Å². The molecule has 0 spiro atoms. The Labute approximate surface area is 109 Å². The van der Waals surface area contributed by atoms with Crippen molar-refractivity contribution in [2.75, 3.05) is 11.1 Å². The first-order valence-electron chi connectivity index (χ1n) is 5.59. The molecule has 3 N–H and O–H groups in total. The molecular formula is C12H14N4OS. The number of nitrogens with one attached hydrogen (secondary N) is 1. The zero-order valence-corrected chi connectivity index (χ0v) is 11.0. The van der Waals surface area contributed by atoms with Gasteiger partial charge in [-0.2, -0.15) is 0 Å². The standard InChI is InChI=1S/C12H14N4OS/c1-3-9-7(2)18-12(15-9)16-11(17)8-4-5-10(13)14-6-8/h4-6H,3H2,1-2H3,(H2,13,14)(H,15,16,17). The molecule has 0 saturated heterocycles. The molecule has 2 rings (SSSR count). The first-order chi connectivity index (χ1) is 8.60. The SMILES string of the molecule is CCc1nc(NC(=O)c2ccc(N)nc2)sc1C. The zero-order chi connectivity index (χ0) is 13.1. The third-order valence-corrected chi connectivity index (χ3v) is 3.43. The van der Waals surface area contributed by atoms with Gasteiger partial charge in [-0.25, -0.2) is 9.97 Å². The summed E-state index contributed by atoms with van der Waals surface area (Å²) < 4.78 is 0. The number of aryl methyl sites for hydroxylation is 2. The van der Waals surface area contributed by atoms with E-state index in [0.717, 1.165) is 17.0 Å². The third kappa shape index (κ3) is 2.65. The predicted octanol–water partition coefficient (Wildman–Crippen LogP) is 2.24. The molecule has 0 aliphatic heterocycles. The van der Waals surface area contributed by atoms with E-state index in [1.165, 1.54) is 17.5 Å². The van der Waals surface area contributed by atoms with Crippen LogP contribution in [-0.2, 0) is 6.42 Å². The van der Waals surface area contributed by atoms with Gasteiger partial charge in [-0.3, -0.25) is 10.1 Å². The topological polar surface area (TPSA) is 80.9 Å². The summed E-state index contributed by atoms with van der Waals surface area (Å²) in [6.07, 6.45) is 2.31. The highest BCUT2D eigenvalue weighted by Gasteiger charge is 2.11. The van der Waals surface area contributed by atoms with Gasteiger partial charge in [0.25, 0.3) is 5.91 Å². The molecule has 2 heterocycles. The van der Waals surface area contributed by atoms with Crippen LogP contribution in [0.3, 0.4) is 0 Å². The van der Waals surface area contributed by atoms with E-state index in [1.54, 1.807) is 12.1 Å². The van der Waals surface area contributed by atoms with Crippen molar-refractivity contribution in [3.05, 3.63) is 34.5 Å². The molecule has 2 aromatic rings. The van der Waals surface area contributed by atoms with Crippen LogP contribution in [0.4, 0.5) is 10.9 Å². The van der Waals surface area contributed by atoms with Crippen molar-refractivity contribution in [1.29, 1.82) is 0 Å². The molecule has 0 aliphatic carbocycles. The monoisotopic (exact) mass is 262 g/mol. The Bertz CT molecular complexity index is 562. The number of amides is 1. The molecule has 0 radical (unpaired) electrons.